The van der Waals surface area contributed by atoms with Crippen molar-refractivity contribution in [2.75, 3.05) is 27.2 Å². The number of quaternary nitrogens is 1. The first kappa shape index (κ1) is 29.4. The van der Waals surface area contributed by atoms with Crippen molar-refractivity contribution >= 4 is 0 Å². The SMILES string of the molecule is C=CCCCCCCCCC[N+](C)(C)CCCCCCCCCCCC.[Br-]. The first-order chi connectivity index (χ1) is 12.6. The Labute approximate surface area is 183 Å². The summed E-state index contributed by atoms with van der Waals surface area (Å²) in [6.07, 6.45) is 27.6. The van der Waals surface area contributed by atoms with Gasteiger partial charge in [0.25, 0.3) is 0 Å². The van der Waals surface area contributed by atoms with Gasteiger partial charge in [-0.25, -0.2) is 0 Å². The van der Waals surface area contributed by atoms with Crippen LogP contribution in [-0.2, 0) is 0 Å². The summed E-state index contributed by atoms with van der Waals surface area (Å²) in [4.78, 5) is 0. The normalized spacial score (nSPS) is 11.4. The van der Waals surface area contributed by atoms with Gasteiger partial charge in [-0.2, -0.15) is 0 Å². The molecule has 0 aromatic carbocycles. The average Bonchev–Trinajstić information content (AvgIpc) is 2.62. The van der Waals surface area contributed by atoms with Gasteiger partial charge in [0, 0.05) is 0 Å². The van der Waals surface area contributed by atoms with E-state index < -0.39 is 0 Å². The number of hydrogen-bond donors (Lipinski definition) is 0. The molecule has 0 bridgehead atoms. The second kappa shape index (κ2) is 22.5. The maximum atomic E-state index is 3.79. The van der Waals surface area contributed by atoms with E-state index >= 15 is 0 Å². The molecule has 2 heteroatoms. The molecule has 0 aliphatic carbocycles. The van der Waals surface area contributed by atoms with Crippen LogP contribution in [0.4, 0.5) is 0 Å². The monoisotopic (exact) mass is 445 g/mol. The Kier molecular flexibility index (Phi) is 24.5. The molecular formula is C25H52BrN. The maximum Gasteiger partial charge on any atom is 0.0782 e. The molecule has 27 heavy (non-hydrogen) atoms. The number of halogens is 1. The molecule has 0 aliphatic rings. The van der Waals surface area contributed by atoms with Gasteiger partial charge < -0.3 is 21.5 Å². The van der Waals surface area contributed by atoms with Crippen LogP contribution in [0.2, 0.25) is 0 Å². The minimum absolute atomic E-state index is 0. The molecule has 0 fully saturated rings. The minimum Gasteiger partial charge on any atom is -1.00 e. The highest BCUT2D eigenvalue weighted by molar-refractivity contribution is 4.65. The molecule has 0 spiro atoms. The molecule has 0 atom stereocenters. The first-order valence-corrected chi connectivity index (χ1v) is 12.1. The number of allylic oxidation sites excluding steroid dienone is 1. The van der Waals surface area contributed by atoms with E-state index in [0.717, 1.165) is 0 Å². The Morgan fingerprint density at radius 3 is 1.26 bits per heavy atom. The van der Waals surface area contributed by atoms with E-state index in [2.05, 4.69) is 33.7 Å². The second-order valence-electron chi connectivity index (χ2n) is 9.12. The summed E-state index contributed by atoms with van der Waals surface area (Å²) in [5.41, 5.74) is 0. The van der Waals surface area contributed by atoms with E-state index in [0.29, 0.717) is 0 Å². The van der Waals surface area contributed by atoms with Crippen molar-refractivity contribution in [1.82, 2.24) is 0 Å². The lowest BCUT2D eigenvalue weighted by atomic mass is 10.1. The van der Waals surface area contributed by atoms with Crippen LogP contribution in [-0.4, -0.2) is 31.7 Å². The van der Waals surface area contributed by atoms with E-state index in [-0.39, 0.29) is 17.0 Å². The number of rotatable bonds is 21. The van der Waals surface area contributed by atoms with Crippen LogP contribution in [0.3, 0.4) is 0 Å². The van der Waals surface area contributed by atoms with E-state index in [4.69, 9.17) is 0 Å². The molecule has 164 valence electrons. The second-order valence-corrected chi connectivity index (χ2v) is 9.12. The molecule has 0 aromatic heterocycles. The Morgan fingerprint density at radius 1 is 0.556 bits per heavy atom. The van der Waals surface area contributed by atoms with E-state index in [1.54, 1.807) is 0 Å². The molecule has 1 nitrogen and oxygen atoms in total. The molecule has 0 aliphatic heterocycles. The highest BCUT2D eigenvalue weighted by atomic mass is 79.9. The summed E-state index contributed by atoms with van der Waals surface area (Å²) in [6, 6.07) is 0. The topological polar surface area (TPSA) is 0 Å². The maximum absolute atomic E-state index is 3.79. The summed E-state index contributed by atoms with van der Waals surface area (Å²) >= 11 is 0. The third-order valence-electron chi connectivity index (χ3n) is 5.79. The molecule has 0 rings (SSSR count). The van der Waals surface area contributed by atoms with Crippen LogP contribution in [0.1, 0.15) is 122 Å². The van der Waals surface area contributed by atoms with Gasteiger partial charge in [-0.1, -0.05) is 90.0 Å². The lowest BCUT2D eigenvalue weighted by Gasteiger charge is -2.30. The predicted octanol–water partition coefficient (Wildman–Crippen LogP) is 5.29. The van der Waals surface area contributed by atoms with Gasteiger partial charge in [0.2, 0.25) is 0 Å². The lowest BCUT2D eigenvalue weighted by molar-refractivity contribution is -0.890. The summed E-state index contributed by atoms with van der Waals surface area (Å²) in [5.74, 6) is 0. The Balaban J connectivity index is 0. The molecule has 0 unspecified atom stereocenters. The zero-order chi connectivity index (χ0) is 19.3. The zero-order valence-electron chi connectivity index (χ0n) is 19.3. The number of unbranched alkanes of at least 4 members (excludes halogenated alkanes) is 16. The standard InChI is InChI=1S/C25H52N.BrH/c1-5-7-9-11-13-15-17-19-21-23-25-26(3,4)24-22-20-18-16-14-12-10-8-6-2;/h6H,2,5,7-25H2,1,3-4H3;1H/q+1;/p-1. The van der Waals surface area contributed by atoms with Crippen LogP contribution in [0.25, 0.3) is 0 Å². The molecule has 0 heterocycles. The van der Waals surface area contributed by atoms with Crippen molar-refractivity contribution in [2.45, 2.75) is 122 Å². The summed E-state index contributed by atoms with van der Waals surface area (Å²) in [6.45, 7) is 8.83. The molecule has 0 saturated heterocycles. The van der Waals surface area contributed by atoms with Crippen LogP contribution in [0.15, 0.2) is 12.7 Å². The van der Waals surface area contributed by atoms with E-state index in [9.17, 15) is 0 Å². The van der Waals surface area contributed by atoms with Gasteiger partial charge >= 0.3 is 0 Å². The fourth-order valence-corrected chi connectivity index (χ4v) is 3.85. The minimum atomic E-state index is 0. The molecule has 0 saturated carbocycles. The van der Waals surface area contributed by atoms with Crippen molar-refractivity contribution in [3.05, 3.63) is 12.7 Å². The first-order valence-electron chi connectivity index (χ1n) is 12.1. The lowest BCUT2D eigenvalue weighted by Crippen LogP contribution is -3.00. The van der Waals surface area contributed by atoms with Crippen LogP contribution in [0, 0.1) is 0 Å². The number of hydrogen-bond acceptors (Lipinski definition) is 0. The third-order valence-corrected chi connectivity index (χ3v) is 5.79. The number of nitrogens with zero attached hydrogens (tertiary/aromatic N) is 1. The van der Waals surface area contributed by atoms with Crippen LogP contribution >= 0.6 is 0 Å². The molecule has 0 aromatic rings. The van der Waals surface area contributed by atoms with Crippen LogP contribution in [0.5, 0.6) is 0 Å². The summed E-state index contributed by atoms with van der Waals surface area (Å²) < 4.78 is 1.23. The Hall–Kier alpha value is 0.180. The van der Waals surface area contributed by atoms with E-state index in [1.807, 2.05) is 0 Å². The molecule has 0 amide bonds. The Bertz CT molecular complexity index is 288. The summed E-state index contributed by atoms with van der Waals surface area (Å²) in [7, 11) is 4.87. The summed E-state index contributed by atoms with van der Waals surface area (Å²) in [5, 5.41) is 0. The van der Waals surface area contributed by atoms with Crippen molar-refractivity contribution in [3.63, 3.8) is 0 Å². The largest absolute Gasteiger partial charge is 1.00 e. The Morgan fingerprint density at radius 2 is 0.889 bits per heavy atom. The van der Waals surface area contributed by atoms with Gasteiger partial charge in [-0.05, 0) is 38.5 Å². The van der Waals surface area contributed by atoms with Gasteiger partial charge in [0.1, 0.15) is 0 Å². The van der Waals surface area contributed by atoms with Crippen molar-refractivity contribution in [2.24, 2.45) is 0 Å². The highest BCUT2D eigenvalue weighted by Gasteiger charge is 2.13. The predicted molar refractivity (Wildman–Crippen MR) is 121 cm³/mol. The molecular weight excluding hydrogens is 394 g/mol. The van der Waals surface area contributed by atoms with Crippen molar-refractivity contribution < 1.29 is 21.5 Å². The molecule has 0 radical (unpaired) electrons. The average molecular weight is 447 g/mol. The van der Waals surface area contributed by atoms with Gasteiger partial charge in [-0.15, -0.1) is 6.58 Å². The van der Waals surface area contributed by atoms with Gasteiger partial charge in [-0.3, -0.25) is 0 Å². The van der Waals surface area contributed by atoms with Gasteiger partial charge in [0.05, 0.1) is 27.2 Å². The quantitative estimate of drug-likeness (QED) is 0.128. The highest BCUT2D eigenvalue weighted by Crippen LogP contribution is 2.13. The fourth-order valence-electron chi connectivity index (χ4n) is 3.85. The van der Waals surface area contributed by atoms with Gasteiger partial charge in [0.15, 0.2) is 0 Å². The molecule has 0 N–H and O–H groups in total. The third kappa shape index (κ3) is 24.1. The van der Waals surface area contributed by atoms with Crippen molar-refractivity contribution in [1.29, 1.82) is 0 Å². The smallest absolute Gasteiger partial charge is 0.0782 e. The fraction of sp³-hybridized carbons (Fsp3) is 0.920. The zero-order valence-corrected chi connectivity index (χ0v) is 20.8. The van der Waals surface area contributed by atoms with Crippen LogP contribution < -0.4 is 17.0 Å². The van der Waals surface area contributed by atoms with Crippen molar-refractivity contribution in [3.8, 4) is 0 Å². The van der Waals surface area contributed by atoms with E-state index in [1.165, 1.54) is 133 Å².